The molecule has 0 amide bonds. The van der Waals surface area contributed by atoms with Crippen molar-refractivity contribution in [1.29, 1.82) is 0 Å². The van der Waals surface area contributed by atoms with Crippen LogP contribution in [0.15, 0.2) is 11.5 Å². The predicted octanol–water partition coefficient (Wildman–Crippen LogP) is -0.248. The Morgan fingerprint density at radius 3 is 2.79 bits per heavy atom. The molecule has 1 unspecified atom stereocenters. The van der Waals surface area contributed by atoms with Crippen LogP contribution >= 0.6 is 0 Å². The summed E-state index contributed by atoms with van der Waals surface area (Å²) in [5.74, 6) is -0.749. The van der Waals surface area contributed by atoms with E-state index >= 15 is 0 Å². The molecule has 0 aromatic carbocycles. The number of sulfone groups is 1. The molecule has 0 aliphatic carbocycles. The highest BCUT2D eigenvalue weighted by molar-refractivity contribution is 7.94. The zero-order valence-corrected chi connectivity index (χ0v) is 8.46. The van der Waals surface area contributed by atoms with Crippen molar-refractivity contribution in [2.75, 3.05) is 12.3 Å². The Labute approximate surface area is 82.7 Å². The molecule has 0 aromatic heterocycles. The SMILES string of the molecule is O=C(O)CCCNC1C=CS(=O)(=O)C1. The Kier molecular flexibility index (Phi) is 3.65. The first-order chi connectivity index (χ1) is 6.49. The second kappa shape index (κ2) is 4.56. The number of aliphatic carboxylic acids is 1. The van der Waals surface area contributed by atoms with E-state index in [1.165, 1.54) is 5.41 Å². The summed E-state index contributed by atoms with van der Waals surface area (Å²) in [6, 6.07) is -0.159. The monoisotopic (exact) mass is 219 g/mol. The zero-order chi connectivity index (χ0) is 10.6. The van der Waals surface area contributed by atoms with E-state index in [2.05, 4.69) is 5.32 Å². The Morgan fingerprint density at radius 2 is 2.29 bits per heavy atom. The number of carboxylic acid groups (broad SMARTS) is 1. The molecule has 1 rings (SSSR count). The van der Waals surface area contributed by atoms with Crippen molar-refractivity contribution >= 4 is 15.8 Å². The van der Waals surface area contributed by atoms with Gasteiger partial charge in [-0.3, -0.25) is 4.79 Å². The van der Waals surface area contributed by atoms with Crippen LogP contribution in [0.3, 0.4) is 0 Å². The van der Waals surface area contributed by atoms with Crippen LogP contribution in [0.1, 0.15) is 12.8 Å². The van der Waals surface area contributed by atoms with Gasteiger partial charge in [-0.2, -0.15) is 0 Å². The minimum Gasteiger partial charge on any atom is -0.481 e. The van der Waals surface area contributed by atoms with Crippen molar-refractivity contribution in [3.8, 4) is 0 Å². The lowest BCUT2D eigenvalue weighted by Gasteiger charge is -2.08. The summed E-state index contributed by atoms with van der Waals surface area (Å²) in [5, 5.41) is 12.5. The summed E-state index contributed by atoms with van der Waals surface area (Å²) in [6.07, 6.45) is 2.21. The first kappa shape index (κ1) is 11.2. The number of nitrogens with one attached hydrogen (secondary N) is 1. The van der Waals surface area contributed by atoms with Gasteiger partial charge < -0.3 is 10.4 Å². The van der Waals surface area contributed by atoms with Gasteiger partial charge in [-0.15, -0.1) is 0 Å². The van der Waals surface area contributed by atoms with E-state index in [4.69, 9.17) is 5.11 Å². The van der Waals surface area contributed by atoms with Crippen molar-refractivity contribution in [3.63, 3.8) is 0 Å². The third-order valence-corrected chi connectivity index (χ3v) is 3.30. The molecule has 14 heavy (non-hydrogen) atoms. The molecule has 1 aliphatic heterocycles. The maximum atomic E-state index is 11.0. The summed E-state index contributed by atoms with van der Waals surface area (Å²) in [6.45, 7) is 0.525. The Balaban J connectivity index is 2.16. The van der Waals surface area contributed by atoms with Crippen LogP contribution in [0, 0.1) is 0 Å². The van der Waals surface area contributed by atoms with Gasteiger partial charge in [0.15, 0.2) is 9.84 Å². The minimum absolute atomic E-state index is 0.0834. The van der Waals surface area contributed by atoms with Gasteiger partial charge in [0, 0.05) is 17.9 Å². The molecule has 0 radical (unpaired) electrons. The molecule has 1 atom stereocenters. The van der Waals surface area contributed by atoms with Gasteiger partial charge in [0.2, 0.25) is 0 Å². The lowest BCUT2D eigenvalue weighted by molar-refractivity contribution is -0.137. The highest BCUT2D eigenvalue weighted by atomic mass is 32.2. The van der Waals surface area contributed by atoms with Crippen LogP contribution in [-0.4, -0.2) is 37.8 Å². The van der Waals surface area contributed by atoms with E-state index < -0.39 is 15.8 Å². The predicted molar refractivity (Wildman–Crippen MR) is 51.6 cm³/mol. The van der Waals surface area contributed by atoms with E-state index in [0.717, 1.165) is 0 Å². The van der Waals surface area contributed by atoms with Crippen LogP contribution in [0.5, 0.6) is 0 Å². The normalized spacial score (nSPS) is 23.9. The highest BCUT2D eigenvalue weighted by Crippen LogP contribution is 2.07. The maximum absolute atomic E-state index is 11.0. The third kappa shape index (κ3) is 3.89. The van der Waals surface area contributed by atoms with Crippen LogP contribution in [0.4, 0.5) is 0 Å². The largest absolute Gasteiger partial charge is 0.481 e. The van der Waals surface area contributed by atoms with Crippen LogP contribution < -0.4 is 5.32 Å². The van der Waals surface area contributed by atoms with Gasteiger partial charge in [0.25, 0.3) is 0 Å². The number of hydrogen-bond acceptors (Lipinski definition) is 4. The standard InChI is InChI=1S/C8H13NO4S/c10-8(11)2-1-4-9-7-3-5-14(12,13)6-7/h3,5,7,9H,1-2,4,6H2,(H,10,11). The molecule has 0 saturated heterocycles. The molecule has 1 aliphatic rings. The number of hydrogen-bond donors (Lipinski definition) is 2. The first-order valence-electron chi connectivity index (χ1n) is 4.36. The van der Waals surface area contributed by atoms with E-state index in [9.17, 15) is 13.2 Å². The van der Waals surface area contributed by atoms with Gasteiger partial charge >= 0.3 is 5.97 Å². The van der Waals surface area contributed by atoms with Crippen molar-refractivity contribution in [3.05, 3.63) is 11.5 Å². The summed E-state index contributed by atoms with van der Waals surface area (Å²) >= 11 is 0. The molecule has 1 heterocycles. The lowest BCUT2D eigenvalue weighted by atomic mass is 10.3. The van der Waals surface area contributed by atoms with E-state index in [1.807, 2.05) is 0 Å². The quantitative estimate of drug-likeness (QED) is 0.623. The van der Waals surface area contributed by atoms with Crippen molar-refractivity contribution in [2.24, 2.45) is 0 Å². The molecule has 2 N–H and O–H groups in total. The number of carboxylic acids is 1. The minimum atomic E-state index is -3.01. The van der Waals surface area contributed by atoms with Crippen molar-refractivity contribution < 1.29 is 18.3 Å². The molecule has 0 spiro atoms. The smallest absolute Gasteiger partial charge is 0.303 e. The second-order valence-electron chi connectivity index (χ2n) is 3.22. The van der Waals surface area contributed by atoms with Crippen LogP contribution in [0.2, 0.25) is 0 Å². The van der Waals surface area contributed by atoms with E-state index in [-0.39, 0.29) is 18.2 Å². The third-order valence-electron chi connectivity index (χ3n) is 1.90. The molecular formula is C8H13NO4S. The van der Waals surface area contributed by atoms with Gasteiger partial charge in [0.05, 0.1) is 5.75 Å². The molecule has 0 aromatic rings. The Bertz CT molecular complexity index is 333. The van der Waals surface area contributed by atoms with E-state index in [1.54, 1.807) is 6.08 Å². The molecule has 0 bridgehead atoms. The van der Waals surface area contributed by atoms with Gasteiger partial charge in [-0.1, -0.05) is 6.08 Å². The first-order valence-corrected chi connectivity index (χ1v) is 6.07. The molecule has 6 heteroatoms. The summed E-state index contributed by atoms with van der Waals surface area (Å²) in [7, 11) is -3.01. The van der Waals surface area contributed by atoms with Gasteiger partial charge in [0.1, 0.15) is 0 Å². The maximum Gasteiger partial charge on any atom is 0.303 e. The summed E-state index contributed by atoms with van der Waals surface area (Å²) in [5.41, 5.74) is 0. The van der Waals surface area contributed by atoms with Gasteiger partial charge in [-0.25, -0.2) is 8.42 Å². The average molecular weight is 219 g/mol. The lowest BCUT2D eigenvalue weighted by Crippen LogP contribution is -2.31. The Morgan fingerprint density at radius 1 is 1.57 bits per heavy atom. The van der Waals surface area contributed by atoms with E-state index in [0.29, 0.717) is 13.0 Å². The van der Waals surface area contributed by atoms with Crippen LogP contribution in [0.25, 0.3) is 0 Å². The van der Waals surface area contributed by atoms with Crippen molar-refractivity contribution in [1.82, 2.24) is 5.32 Å². The summed E-state index contributed by atoms with van der Waals surface area (Å²) < 4.78 is 21.9. The van der Waals surface area contributed by atoms with Gasteiger partial charge in [-0.05, 0) is 13.0 Å². The average Bonchev–Trinajstić information content (AvgIpc) is 2.39. The topological polar surface area (TPSA) is 83.5 Å². The fraction of sp³-hybridized carbons (Fsp3) is 0.625. The van der Waals surface area contributed by atoms with Crippen molar-refractivity contribution in [2.45, 2.75) is 18.9 Å². The second-order valence-corrected chi connectivity index (χ2v) is 5.15. The van der Waals surface area contributed by atoms with Crippen LogP contribution in [-0.2, 0) is 14.6 Å². The molecule has 80 valence electrons. The highest BCUT2D eigenvalue weighted by Gasteiger charge is 2.20. The molecule has 5 nitrogen and oxygen atoms in total. The number of rotatable bonds is 5. The fourth-order valence-electron chi connectivity index (χ4n) is 1.23. The zero-order valence-electron chi connectivity index (χ0n) is 7.64. The Hall–Kier alpha value is -0.880. The number of carbonyl (C=O) groups is 1. The molecular weight excluding hydrogens is 206 g/mol. The fourth-order valence-corrected chi connectivity index (χ4v) is 2.50. The molecule has 0 saturated carbocycles. The molecule has 0 fully saturated rings. The summed E-state index contributed by atoms with van der Waals surface area (Å²) in [4.78, 5) is 10.2.